The van der Waals surface area contributed by atoms with Crippen LogP contribution in [0, 0.1) is 5.92 Å². The third-order valence-corrected chi connectivity index (χ3v) is 6.82. The Bertz CT molecular complexity index is 1730. The average molecular weight is 476 g/mol. The molecule has 1 aliphatic carbocycles. The number of hydrogen-bond donors (Lipinski definition) is 3. The molecular formula is C27H21N7O2. The Morgan fingerprint density at radius 1 is 1.06 bits per heavy atom. The minimum atomic E-state index is 0.0704. The lowest BCUT2D eigenvalue weighted by Crippen LogP contribution is -2.28. The van der Waals surface area contributed by atoms with Crippen molar-refractivity contribution in [2.75, 3.05) is 5.32 Å². The fourth-order valence-corrected chi connectivity index (χ4v) is 4.63. The first kappa shape index (κ1) is 20.6. The van der Waals surface area contributed by atoms with E-state index < -0.39 is 0 Å². The number of aromatic amines is 2. The monoisotopic (exact) mass is 475 g/mol. The van der Waals surface area contributed by atoms with Crippen LogP contribution in [0.25, 0.3) is 55.8 Å². The Kier molecular flexibility index (Phi) is 4.66. The molecule has 36 heavy (non-hydrogen) atoms. The van der Waals surface area contributed by atoms with E-state index in [2.05, 4.69) is 36.5 Å². The van der Waals surface area contributed by atoms with Crippen molar-refractivity contribution in [3.05, 3.63) is 67.5 Å². The van der Waals surface area contributed by atoms with Gasteiger partial charge in [0.15, 0.2) is 11.5 Å². The molecule has 1 aliphatic rings. The molecule has 3 N–H and O–H groups in total. The molecule has 0 unspecified atom stereocenters. The molecule has 5 heterocycles. The third kappa shape index (κ3) is 3.44. The van der Waals surface area contributed by atoms with Gasteiger partial charge in [-0.25, -0.2) is 9.97 Å². The number of nitrogens with one attached hydrogen (secondary N) is 3. The summed E-state index contributed by atoms with van der Waals surface area (Å²) in [5.41, 5.74) is 7.46. The van der Waals surface area contributed by atoms with Crippen LogP contribution in [0.4, 0.5) is 5.69 Å². The van der Waals surface area contributed by atoms with E-state index in [1.54, 1.807) is 31.1 Å². The lowest BCUT2D eigenvalue weighted by molar-refractivity contribution is -0.122. The zero-order chi connectivity index (χ0) is 24.1. The van der Waals surface area contributed by atoms with Crippen LogP contribution in [0.15, 0.2) is 71.9 Å². The summed E-state index contributed by atoms with van der Waals surface area (Å²) in [5, 5.41) is 11.6. The number of benzene rings is 1. The summed E-state index contributed by atoms with van der Waals surface area (Å²) in [6.07, 6.45) is 11.6. The fourth-order valence-electron chi connectivity index (χ4n) is 4.63. The Hall–Kier alpha value is -4.79. The van der Waals surface area contributed by atoms with Crippen molar-refractivity contribution in [1.29, 1.82) is 0 Å². The molecule has 176 valence electrons. The van der Waals surface area contributed by atoms with Crippen LogP contribution in [0.1, 0.15) is 19.3 Å². The molecule has 7 rings (SSSR count). The van der Waals surface area contributed by atoms with E-state index in [1.165, 1.54) is 0 Å². The van der Waals surface area contributed by atoms with Crippen molar-refractivity contribution in [1.82, 2.24) is 30.1 Å². The van der Waals surface area contributed by atoms with E-state index in [0.717, 1.165) is 57.9 Å². The second kappa shape index (κ2) is 8.16. The van der Waals surface area contributed by atoms with Crippen LogP contribution >= 0.6 is 0 Å². The van der Waals surface area contributed by atoms with E-state index in [9.17, 15) is 4.79 Å². The highest BCUT2D eigenvalue weighted by atomic mass is 16.3. The normalized spacial score (nSPS) is 13.8. The standard InChI is InChI=1S/C27H21N7O2/c35-27(15-2-1-3-15)30-19-10-18(12-28-13-19)16-4-5-22-21(11-16)24(34-33-22)26-31-23-20(17-7-9-36-14-17)6-8-29-25(23)32-26/h4-15H,1-3H2,(H,30,35)(H,33,34)(H,29,31,32). The largest absolute Gasteiger partial charge is 0.472 e. The second-order valence-electron chi connectivity index (χ2n) is 9.07. The predicted molar refractivity (Wildman–Crippen MR) is 136 cm³/mol. The van der Waals surface area contributed by atoms with E-state index in [0.29, 0.717) is 22.9 Å². The van der Waals surface area contributed by atoms with Gasteiger partial charge in [-0.3, -0.25) is 14.9 Å². The smallest absolute Gasteiger partial charge is 0.227 e. The third-order valence-electron chi connectivity index (χ3n) is 6.82. The zero-order valence-electron chi connectivity index (χ0n) is 19.2. The Labute approximate surface area is 205 Å². The highest BCUT2D eigenvalue weighted by Gasteiger charge is 2.25. The van der Waals surface area contributed by atoms with Crippen LogP contribution in [0.2, 0.25) is 0 Å². The summed E-state index contributed by atoms with van der Waals surface area (Å²) >= 11 is 0. The molecule has 6 aromatic rings. The lowest BCUT2D eigenvalue weighted by atomic mass is 9.85. The summed E-state index contributed by atoms with van der Waals surface area (Å²) in [6.45, 7) is 0. The average Bonchev–Trinajstić information content (AvgIpc) is 3.61. The Morgan fingerprint density at radius 3 is 2.83 bits per heavy atom. The molecule has 0 radical (unpaired) electrons. The highest BCUT2D eigenvalue weighted by molar-refractivity contribution is 5.98. The summed E-state index contributed by atoms with van der Waals surface area (Å²) in [7, 11) is 0. The van der Waals surface area contributed by atoms with E-state index in [4.69, 9.17) is 9.40 Å². The van der Waals surface area contributed by atoms with Crippen molar-refractivity contribution >= 4 is 33.7 Å². The molecule has 0 bridgehead atoms. The maximum absolute atomic E-state index is 12.4. The Balaban J connectivity index is 1.26. The van der Waals surface area contributed by atoms with Gasteiger partial charge in [0.1, 0.15) is 11.2 Å². The van der Waals surface area contributed by atoms with Crippen LogP contribution in [0.5, 0.6) is 0 Å². The topological polar surface area (TPSA) is 125 Å². The highest BCUT2D eigenvalue weighted by Crippen LogP contribution is 2.33. The van der Waals surface area contributed by atoms with Gasteiger partial charge in [0.2, 0.25) is 5.91 Å². The lowest BCUT2D eigenvalue weighted by Gasteiger charge is -2.24. The zero-order valence-corrected chi connectivity index (χ0v) is 19.2. The molecule has 9 heteroatoms. The van der Waals surface area contributed by atoms with Crippen LogP contribution in [-0.2, 0) is 4.79 Å². The number of carbonyl (C=O) groups is 1. The van der Waals surface area contributed by atoms with Gasteiger partial charge in [0.25, 0.3) is 0 Å². The fraction of sp³-hybridized carbons (Fsp3) is 0.148. The molecule has 1 amide bonds. The number of pyridine rings is 2. The van der Waals surface area contributed by atoms with Gasteiger partial charge in [-0.2, -0.15) is 5.10 Å². The number of nitrogens with zero attached hydrogens (tertiary/aromatic N) is 4. The van der Waals surface area contributed by atoms with E-state index in [-0.39, 0.29) is 11.8 Å². The maximum atomic E-state index is 12.4. The second-order valence-corrected chi connectivity index (χ2v) is 9.07. The quantitative estimate of drug-likeness (QED) is 0.300. The number of hydrogen-bond acceptors (Lipinski definition) is 6. The van der Waals surface area contributed by atoms with Crippen molar-refractivity contribution in [3.8, 4) is 33.8 Å². The minimum absolute atomic E-state index is 0.0704. The molecule has 5 aromatic heterocycles. The number of rotatable bonds is 5. The minimum Gasteiger partial charge on any atom is -0.472 e. The van der Waals surface area contributed by atoms with E-state index >= 15 is 0 Å². The molecule has 1 fully saturated rings. The first-order valence-electron chi connectivity index (χ1n) is 11.8. The molecule has 0 saturated heterocycles. The number of H-pyrrole nitrogens is 2. The first-order valence-corrected chi connectivity index (χ1v) is 11.8. The SMILES string of the molecule is O=C(Nc1cncc(-c2ccc3[nH]nc(-c4nc5c(-c6ccoc6)ccnc5[nH]4)c3c2)c1)C1CCC1. The maximum Gasteiger partial charge on any atom is 0.227 e. The number of furan rings is 1. The van der Waals surface area contributed by atoms with Gasteiger partial charge in [-0.1, -0.05) is 12.5 Å². The summed E-state index contributed by atoms with van der Waals surface area (Å²) < 4.78 is 5.26. The number of carbonyl (C=O) groups excluding carboxylic acids is 1. The molecule has 9 nitrogen and oxygen atoms in total. The molecule has 1 saturated carbocycles. The molecule has 0 spiro atoms. The molecule has 0 atom stereocenters. The van der Waals surface area contributed by atoms with Gasteiger partial charge in [0.05, 0.1) is 29.9 Å². The number of imidazole rings is 1. The van der Waals surface area contributed by atoms with Gasteiger partial charge in [-0.15, -0.1) is 0 Å². The van der Waals surface area contributed by atoms with Crippen LogP contribution < -0.4 is 5.32 Å². The van der Waals surface area contributed by atoms with Gasteiger partial charge >= 0.3 is 0 Å². The predicted octanol–water partition coefficient (Wildman–Crippen LogP) is 5.56. The van der Waals surface area contributed by atoms with E-state index in [1.807, 2.05) is 30.3 Å². The summed E-state index contributed by atoms with van der Waals surface area (Å²) in [4.78, 5) is 29.3. The van der Waals surface area contributed by atoms with Crippen LogP contribution in [0.3, 0.4) is 0 Å². The summed E-state index contributed by atoms with van der Waals surface area (Å²) in [5.74, 6) is 0.809. The van der Waals surface area contributed by atoms with Crippen LogP contribution in [-0.4, -0.2) is 36.0 Å². The van der Waals surface area contributed by atoms with Gasteiger partial charge in [-0.05, 0) is 48.7 Å². The Morgan fingerprint density at radius 2 is 2.00 bits per heavy atom. The van der Waals surface area contributed by atoms with Gasteiger partial charge < -0.3 is 14.7 Å². The number of amides is 1. The summed E-state index contributed by atoms with van der Waals surface area (Å²) in [6, 6.07) is 11.8. The number of anilines is 1. The van der Waals surface area contributed by atoms with Crippen molar-refractivity contribution in [2.24, 2.45) is 5.92 Å². The van der Waals surface area contributed by atoms with Gasteiger partial charge in [0, 0.05) is 40.4 Å². The first-order chi connectivity index (χ1) is 17.7. The van der Waals surface area contributed by atoms with Crippen molar-refractivity contribution < 1.29 is 9.21 Å². The molecule has 1 aromatic carbocycles. The molecular weight excluding hydrogens is 454 g/mol. The molecule has 0 aliphatic heterocycles. The number of fused-ring (bicyclic) bond motifs is 2. The van der Waals surface area contributed by atoms with Crippen molar-refractivity contribution in [2.45, 2.75) is 19.3 Å². The van der Waals surface area contributed by atoms with Crippen molar-refractivity contribution in [3.63, 3.8) is 0 Å². The number of aromatic nitrogens is 6.